The lowest BCUT2D eigenvalue weighted by Crippen LogP contribution is -2.41. The molecule has 0 saturated carbocycles. The first-order valence-corrected chi connectivity index (χ1v) is 4.98. The number of nitroso groups, excluding NO2 is 1. The molecule has 0 amide bonds. The minimum absolute atomic E-state index is 0.416. The summed E-state index contributed by atoms with van der Waals surface area (Å²) in [6.45, 7) is 3.20. The molecule has 1 aliphatic heterocycles. The third-order valence-corrected chi connectivity index (χ3v) is 2.86. The van der Waals surface area contributed by atoms with Crippen LogP contribution in [0.4, 0.5) is 11.4 Å². The highest BCUT2D eigenvalue weighted by Crippen LogP contribution is 2.43. The van der Waals surface area contributed by atoms with Crippen molar-refractivity contribution in [2.45, 2.75) is 19.5 Å². The molecule has 0 spiro atoms. The van der Waals surface area contributed by atoms with Gasteiger partial charge in [0, 0.05) is 29.3 Å². The lowest BCUT2D eigenvalue weighted by molar-refractivity contribution is -0.532. The highest BCUT2D eigenvalue weighted by Gasteiger charge is 2.47. The summed E-state index contributed by atoms with van der Waals surface area (Å²) in [6, 6.07) is 5.05. The lowest BCUT2D eigenvalue weighted by atomic mass is 10.2. The quantitative estimate of drug-likeness (QED) is 0.671. The van der Waals surface area contributed by atoms with Crippen LogP contribution in [0.5, 0.6) is 0 Å². The Labute approximate surface area is 89.8 Å². The van der Waals surface area contributed by atoms with E-state index in [2.05, 4.69) is 15.9 Å². The fourth-order valence-electron chi connectivity index (χ4n) is 1.50. The van der Waals surface area contributed by atoms with E-state index in [1.165, 1.54) is 0 Å². The molecule has 0 radical (unpaired) electrons. The molecule has 1 aromatic carbocycles. The highest BCUT2D eigenvalue weighted by molar-refractivity contribution is 9.10. The number of anilines is 1. The average Bonchev–Trinajstić information content (AvgIpc) is 2.29. The first-order chi connectivity index (χ1) is 6.44. The van der Waals surface area contributed by atoms with Crippen LogP contribution in [-0.2, 0) is 0 Å². The Hall–Kier alpha value is -0.940. The first kappa shape index (κ1) is 9.61. The predicted octanol–water partition coefficient (Wildman–Crippen LogP) is 2.91. The molecule has 74 valence electrons. The van der Waals surface area contributed by atoms with Gasteiger partial charge in [0.25, 0.3) is 11.4 Å². The van der Waals surface area contributed by atoms with E-state index in [1.807, 2.05) is 0 Å². The van der Waals surface area contributed by atoms with Gasteiger partial charge in [0.2, 0.25) is 0 Å². The standard InChI is InChI=1S/C9H9BrN2O2/c1-9(2)11(13)7-4-3-6(10)5-8(7)12(9)14/h3-5H,1-2H3. The summed E-state index contributed by atoms with van der Waals surface area (Å²) >= 11 is 3.26. The van der Waals surface area contributed by atoms with E-state index in [1.54, 1.807) is 32.0 Å². The predicted molar refractivity (Wildman–Crippen MR) is 57.4 cm³/mol. The minimum atomic E-state index is -1.05. The van der Waals surface area contributed by atoms with Crippen LogP contribution in [0.15, 0.2) is 22.7 Å². The van der Waals surface area contributed by atoms with Crippen molar-refractivity contribution in [3.63, 3.8) is 0 Å². The van der Waals surface area contributed by atoms with Crippen LogP contribution < -0.4 is 5.06 Å². The van der Waals surface area contributed by atoms with Crippen LogP contribution in [-0.4, -0.2) is 10.4 Å². The summed E-state index contributed by atoms with van der Waals surface area (Å²) in [4.78, 5) is 11.7. The monoisotopic (exact) mass is 256 g/mol. The number of fused-ring (bicyclic) bond motifs is 1. The highest BCUT2D eigenvalue weighted by atomic mass is 79.9. The van der Waals surface area contributed by atoms with Gasteiger partial charge >= 0.3 is 0 Å². The van der Waals surface area contributed by atoms with Crippen LogP contribution in [0.3, 0.4) is 0 Å². The van der Waals surface area contributed by atoms with E-state index in [-0.39, 0.29) is 0 Å². The maximum atomic E-state index is 11.7. The first-order valence-electron chi connectivity index (χ1n) is 4.19. The van der Waals surface area contributed by atoms with E-state index in [0.29, 0.717) is 11.4 Å². The van der Waals surface area contributed by atoms with E-state index >= 15 is 0 Å². The van der Waals surface area contributed by atoms with Crippen LogP contribution in [0, 0.1) is 10.1 Å². The Morgan fingerprint density at radius 1 is 1.50 bits per heavy atom. The molecule has 0 aliphatic carbocycles. The second kappa shape index (κ2) is 2.77. The number of hydroxylamine groups is 1. The van der Waals surface area contributed by atoms with E-state index in [9.17, 15) is 10.1 Å². The van der Waals surface area contributed by atoms with Gasteiger partial charge in [0.15, 0.2) is 0 Å². The number of rotatable bonds is 0. The van der Waals surface area contributed by atoms with Gasteiger partial charge in [-0.15, -0.1) is 0 Å². The smallest absolute Gasteiger partial charge is 0.281 e. The molecular formula is C9H9BrN2O2. The third-order valence-electron chi connectivity index (χ3n) is 2.37. The summed E-state index contributed by atoms with van der Waals surface area (Å²) in [5.74, 6) is 0. The topological polar surface area (TPSA) is 46.4 Å². The Morgan fingerprint density at radius 2 is 2.14 bits per heavy atom. The van der Waals surface area contributed by atoms with Crippen molar-refractivity contribution in [3.05, 3.63) is 32.8 Å². The molecule has 0 saturated heterocycles. The van der Waals surface area contributed by atoms with Gasteiger partial charge in [-0.05, 0) is 12.1 Å². The zero-order valence-electron chi connectivity index (χ0n) is 7.82. The molecule has 0 aromatic heterocycles. The van der Waals surface area contributed by atoms with Crippen LogP contribution in [0.2, 0.25) is 0 Å². The number of hydrogen-bond acceptors (Lipinski definition) is 3. The van der Waals surface area contributed by atoms with Gasteiger partial charge in [0.05, 0.1) is 4.76 Å². The SMILES string of the molecule is CC1(C)N([O-])c2cc(Br)ccc2[N+]1=O. The number of benzene rings is 1. The maximum Gasteiger partial charge on any atom is 0.281 e. The number of nitrogens with zero attached hydrogens (tertiary/aromatic N) is 2. The molecular weight excluding hydrogens is 248 g/mol. The fourth-order valence-corrected chi connectivity index (χ4v) is 1.85. The summed E-state index contributed by atoms with van der Waals surface area (Å²) in [7, 11) is 0. The maximum absolute atomic E-state index is 11.7. The molecule has 4 nitrogen and oxygen atoms in total. The zero-order chi connectivity index (χ0) is 10.5. The minimum Gasteiger partial charge on any atom is -0.753 e. The molecule has 0 fully saturated rings. The van der Waals surface area contributed by atoms with Crippen molar-refractivity contribution in [3.8, 4) is 0 Å². The van der Waals surface area contributed by atoms with Gasteiger partial charge in [-0.2, -0.15) is 0 Å². The van der Waals surface area contributed by atoms with E-state index in [0.717, 1.165) is 14.3 Å². The Balaban J connectivity index is 2.65. The van der Waals surface area contributed by atoms with Crippen LogP contribution in [0.1, 0.15) is 13.8 Å². The lowest BCUT2D eigenvalue weighted by Gasteiger charge is -2.30. The van der Waals surface area contributed by atoms with Crippen molar-refractivity contribution >= 4 is 27.3 Å². The second-order valence-corrected chi connectivity index (χ2v) is 4.63. The zero-order valence-corrected chi connectivity index (χ0v) is 9.41. The van der Waals surface area contributed by atoms with Gasteiger partial charge in [0.1, 0.15) is 5.69 Å². The summed E-state index contributed by atoms with van der Waals surface area (Å²) in [5.41, 5.74) is -0.212. The second-order valence-electron chi connectivity index (χ2n) is 3.72. The molecule has 1 aromatic rings. The molecule has 1 heterocycles. The Bertz CT molecular complexity index is 417. The summed E-state index contributed by atoms with van der Waals surface area (Å²) in [6.07, 6.45) is 0. The van der Waals surface area contributed by atoms with Crippen LogP contribution in [0.25, 0.3) is 0 Å². The molecule has 5 heteroatoms. The van der Waals surface area contributed by atoms with Gasteiger partial charge in [-0.3, -0.25) is 0 Å². The van der Waals surface area contributed by atoms with Gasteiger partial charge in [-0.25, -0.2) is 0 Å². The van der Waals surface area contributed by atoms with Crippen molar-refractivity contribution < 1.29 is 4.76 Å². The largest absolute Gasteiger partial charge is 0.753 e. The molecule has 0 bridgehead atoms. The Kier molecular flexibility index (Phi) is 1.90. The van der Waals surface area contributed by atoms with Crippen LogP contribution >= 0.6 is 15.9 Å². The molecule has 2 rings (SSSR count). The number of hydrogen-bond donors (Lipinski definition) is 0. The summed E-state index contributed by atoms with van der Waals surface area (Å²) in [5, 5.41) is 12.5. The summed E-state index contributed by atoms with van der Waals surface area (Å²) < 4.78 is 1.53. The van der Waals surface area contributed by atoms with Gasteiger partial charge in [-0.1, -0.05) is 15.9 Å². The molecule has 0 atom stereocenters. The third kappa shape index (κ3) is 1.09. The average molecular weight is 257 g/mol. The molecule has 0 unspecified atom stereocenters. The van der Waals surface area contributed by atoms with Crippen molar-refractivity contribution in [2.24, 2.45) is 0 Å². The van der Waals surface area contributed by atoms with Crippen molar-refractivity contribution in [1.29, 1.82) is 0 Å². The normalized spacial score (nSPS) is 18.6. The Morgan fingerprint density at radius 3 is 2.79 bits per heavy atom. The van der Waals surface area contributed by atoms with E-state index in [4.69, 9.17) is 0 Å². The fraction of sp³-hybridized carbons (Fsp3) is 0.333. The van der Waals surface area contributed by atoms with Crippen molar-refractivity contribution in [1.82, 2.24) is 0 Å². The van der Waals surface area contributed by atoms with Crippen molar-refractivity contribution in [2.75, 3.05) is 5.06 Å². The molecule has 1 aliphatic rings. The van der Waals surface area contributed by atoms with Gasteiger partial charge < -0.3 is 10.3 Å². The molecule has 0 N–H and O–H groups in total. The van der Waals surface area contributed by atoms with E-state index < -0.39 is 5.66 Å². The molecule has 14 heavy (non-hydrogen) atoms. The number of halogens is 1.